The largest absolute Gasteiger partial charge is 0.482 e. The van der Waals surface area contributed by atoms with Crippen molar-refractivity contribution in [3.05, 3.63) is 76.8 Å². The van der Waals surface area contributed by atoms with Gasteiger partial charge in [0.25, 0.3) is 11.8 Å². The average Bonchev–Trinajstić information content (AvgIpc) is 3.27. The standard InChI is InChI=1S/C26H25FN2O5/c1-4-33-22(30)11-12-28-24(31)16-7-5-15(6-8-16)19-14-21(34-26(19,2)3)23-18-10-9-17(27)13-20(18)29-25(23)32/h5-10,13-14H,4,11-12H2,1-3H3,(H,28,31)(H,29,32)/b23-21+. The molecule has 0 radical (unpaired) electrons. The number of allylic oxidation sites excluding steroid dienone is 1. The molecule has 8 heteroatoms. The summed E-state index contributed by atoms with van der Waals surface area (Å²) in [5.41, 5.74) is 2.76. The SMILES string of the molecule is CCOC(=O)CCNC(=O)c1ccc(C2=C/C(=C3\C(=O)Nc4cc(F)ccc43)OC2(C)C)cc1. The van der Waals surface area contributed by atoms with Crippen molar-refractivity contribution < 1.29 is 28.2 Å². The van der Waals surface area contributed by atoms with E-state index < -0.39 is 11.4 Å². The predicted octanol–water partition coefficient (Wildman–Crippen LogP) is 4.06. The molecule has 2 aromatic carbocycles. The lowest BCUT2D eigenvalue weighted by Crippen LogP contribution is -2.26. The van der Waals surface area contributed by atoms with Gasteiger partial charge in [0.2, 0.25) is 0 Å². The van der Waals surface area contributed by atoms with E-state index in [-0.39, 0.29) is 30.7 Å². The highest BCUT2D eigenvalue weighted by Crippen LogP contribution is 2.44. The summed E-state index contributed by atoms with van der Waals surface area (Å²) in [5, 5.41) is 5.38. The van der Waals surface area contributed by atoms with E-state index >= 15 is 0 Å². The molecule has 0 fully saturated rings. The van der Waals surface area contributed by atoms with Gasteiger partial charge >= 0.3 is 5.97 Å². The predicted molar refractivity (Wildman–Crippen MR) is 125 cm³/mol. The summed E-state index contributed by atoms with van der Waals surface area (Å²) in [5.74, 6) is -1.02. The number of amides is 2. The fourth-order valence-corrected chi connectivity index (χ4v) is 4.02. The normalized spacial score (nSPS) is 18.0. The minimum Gasteiger partial charge on any atom is -0.482 e. The molecule has 2 aliphatic heterocycles. The first-order valence-corrected chi connectivity index (χ1v) is 11.0. The van der Waals surface area contributed by atoms with Crippen LogP contribution in [-0.4, -0.2) is 36.5 Å². The lowest BCUT2D eigenvalue weighted by atomic mass is 9.91. The number of benzene rings is 2. The number of halogens is 1. The van der Waals surface area contributed by atoms with Gasteiger partial charge in [0.15, 0.2) is 0 Å². The molecule has 0 saturated heterocycles. The Bertz CT molecular complexity index is 1230. The van der Waals surface area contributed by atoms with E-state index in [4.69, 9.17) is 9.47 Å². The van der Waals surface area contributed by atoms with E-state index in [1.807, 2.05) is 32.1 Å². The van der Waals surface area contributed by atoms with Crippen LogP contribution in [0.1, 0.15) is 48.7 Å². The van der Waals surface area contributed by atoms with E-state index in [1.54, 1.807) is 25.1 Å². The fraction of sp³-hybridized carbons (Fsp3) is 0.269. The number of esters is 1. The molecule has 2 N–H and O–H groups in total. The van der Waals surface area contributed by atoms with Crippen molar-refractivity contribution in [3.8, 4) is 0 Å². The minimum absolute atomic E-state index is 0.108. The number of anilines is 1. The molecule has 0 aliphatic carbocycles. The Morgan fingerprint density at radius 3 is 2.59 bits per heavy atom. The fourth-order valence-electron chi connectivity index (χ4n) is 4.02. The third kappa shape index (κ3) is 4.57. The summed E-state index contributed by atoms with van der Waals surface area (Å²) < 4.78 is 24.5. The van der Waals surface area contributed by atoms with Crippen molar-refractivity contribution in [2.45, 2.75) is 32.8 Å². The van der Waals surface area contributed by atoms with Crippen LogP contribution in [-0.2, 0) is 19.1 Å². The molecule has 0 bridgehead atoms. The first-order chi connectivity index (χ1) is 16.2. The molecule has 7 nitrogen and oxygen atoms in total. The highest BCUT2D eigenvalue weighted by molar-refractivity contribution is 6.32. The van der Waals surface area contributed by atoms with Gasteiger partial charge < -0.3 is 20.1 Å². The van der Waals surface area contributed by atoms with Gasteiger partial charge in [-0.25, -0.2) is 4.39 Å². The van der Waals surface area contributed by atoms with Crippen LogP contribution in [0, 0.1) is 5.82 Å². The summed E-state index contributed by atoms with van der Waals surface area (Å²) >= 11 is 0. The maximum Gasteiger partial charge on any atom is 0.307 e. The molecule has 2 aromatic rings. The van der Waals surface area contributed by atoms with Crippen molar-refractivity contribution in [1.29, 1.82) is 0 Å². The van der Waals surface area contributed by atoms with Crippen molar-refractivity contribution in [3.63, 3.8) is 0 Å². The smallest absolute Gasteiger partial charge is 0.307 e. The summed E-state index contributed by atoms with van der Waals surface area (Å²) in [6.07, 6.45) is 1.92. The van der Waals surface area contributed by atoms with Crippen LogP contribution in [0.3, 0.4) is 0 Å². The Morgan fingerprint density at radius 1 is 1.15 bits per heavy atom. The maximum atomic E-state index is 13.6. The van der Waals surface area contributed by atoms with Crippen LogP contribution in [0.15, 0.2) is 54.3 Å². The van der Waals surface area contributed by atoms with Gasteiger partial charge in [0, 0.05) is 23.2 Å². The summed E-state index contributed by atoms with van der Waals surface area (Å²) in [7, 11) is 0. The van der Waals surface area contributed by atoms with Gasteiger partial charge in [0.1, 0.15) is 17.2 Å². The van der Waals surface area contributed by atoms with Crippen LogP contribution < -0.4 is 10.6 Å². The molecular weight excluding hydrogens is 439 g/mol. The van der Waals surface area contributed by atoms with E-state index in [0.717, 1.165) is 11.1 Å². The van der Waals surface area contributed by atoms with E-state index in [9.17, 15) is 18.8 Å². The number of carbonyl (C=O) groups is 3. The van der Waals surface area contributed by atoms with Gasteiger partial charge in [-0.15, -0.1) is 0 Å². The second kappa shape index (κ2) is 9.13. The lowest BCUT2D eigenvalue weighted by molar-refractivity contribution is -0.142. The molecule has 2 aliphatic rings. The van der Waals surface area contributed by atoms with Crippen LogP contribution in [0.4, 0.5) is 10.1 Å². The van der Waals surface area contributed by atoms with Gasteiger partial charge in [-0.3, -0.25) is 14.4 Å². The van der Waals surface area contributed by atoms with Crippen molar-refractivity contribution in [1.82, 2.24) is 5.32 Å². The number of carbonyl (C=O) groups excluding carboxylic acids is 3. The Labute approximate surface area is 196 Å². The molecule has 0 saturated carbocycles. The molecule has 0 aromatic heterocycles. The second-order valence-corrected chi connectivity index (χ2v) is 8.44. The first kappa shape index (κ1) is 23.2. The van der Waals surface area contributed by atoms with Crippen LogP contribution in [0.2, 0.25) is 0 Å². The highest BCUT2D eigenvalue weighted by Gasteiger charge is 2.38. The zero-order chi connectivity index (χ0) is 24.5. The second-order valence-electron chi connectivity index (χ2n) is 8.44. The molecule has 4 rings (SSSR count). The van der Waals surface area contributed by atoms with E-state index in [2.05, 4.69) is 10.6 Å². The van der Waals surface area contributed by atoms with Crippen molar-refractivity contribution in [2.75, 3.05) is 18.5 Å². The Kier molecular flexibility index (Phi) is 6.24. The van der Waals surface area contributed by atoms with Gasteiger partial charge in [-0.1, -0.05) is 12.1 Å². The quantitative estimate of drug-likeness (QED) is 0.497. The third-order valence-corrected chi connectivity index (χ3v) is 5.64. The van der Waals surface area contributed by atoms with Crippen molar-refractivity contribution >= 4 is 34.6 Å². The van der Waals surface area contributed by atoms with Gasteiger partial charge in [-0.2, -0.15) is 0 Å². The first-order valence-electron chi connectivity index (χ1n) is 11.0. The summed E-state index contributed by atoms with van der Waals surface area (Å²) in [6, 6.07) is 11.1. The van der Waals surface area contributed by atoms with Crippen LogP contribution in [0.5, 0.6) is 0 Å². The van der Waals surface area contributed by atoms with Crippen molar-refractivity contribution in [2.24, 2.45) is 0 Å². The number of nitrogens with one attached hydrogen (secondary N) is 2. The Balaban J connectivity index is 1.55. The van der Waals surface area contributed by atoms with E-state index in [0.29, 0.717) is 34.8 Å². The van der Waals surface area contributed by atoms with Gasteiger partial charge in [-0.05, 0) is 62.7 Å². The zero-order valence-electron chi connectivity index (χ0n) is 19.2. The molecule has 34 heavy (non-hydrogen) atoms. The zero-order valence-corrected chi connectivity index (χ0v) is 19.2. The number of rotatable bonds is 6. The van der Waals surface area contributed by atoms with Crippen LogP contribution >= 0.6 is 0 Å². The monoisotopic (exact) mass is 464 g/mol. The summed E-state index contributed by atoms with van der Waals surface area (Å²) in [4.78, 5) is 36.4. The molecule has 0 spiro atoms. The third-order valence-electron chi connectivity index (χ3n) is 5.64. The number of hydrogen-bond acceptors (Lipinski definition) is 5. The lowest BCUT2D eigenvalue weighted by Gasteiger charge is -2.23. The summed E-state index contributed by atoms with van der Waals surface area (Å²) in [6.45, 7) is 6.00. The molecule has 0 atom stereocenters. The minimum atomic E-state index is -0.727. The maximum absolute atomic E-state index is 13.6. The molecular formula is C26H25FN2O5. The molecule has 176 valence electrons. The van der Waals surface area contributed by atoms with Crippen LogP contribution in [0.25, 0.3) is 11.1 Å². The highest BCUT2D eigenvalue weighted by atomic mass is 19.1. The number of fused-ring (bicyclic) bond motifs is 1. The average molecular weight is 464 g/mol. The molecule has 2 heterocycles. The molecule has 0 unspecified atom stereocenters. The number of hydrogen-bond donors (Lipinski definition) is 2. The Morgan fingerprint density at radius 2 is 1.88 bits per heavy atom. The van der Waals surface area contributed by atoms with Gasteiger partial charge in [0.05, 0.1) is 24.3 Å². The topological polar surface area (TPSA) is 93.7 Å². The Hall–Kier alpha value is -3.94. The van der Waals surface area contributed by atoms with E-state index in [1.165, 1.54) is 12.1 Å². The molecule has 2 amide bonds. The number of ether oxygens (including phenoxy) is 2.